The maximum Gasteiger partial charge on any atom is 0.0467 e. The molecular formula is C52H35NS. The molecule has 0 aliphatic rings. The van der Waals surface area contributed by atoms with Crippen molar-refractivity contribution < 1.29 is 0 Å². The average Bonchev–Trinajstić information content (AvgIpc) is 3.63. The van der Waals surface area contributed by atoms with E-state index in [-0.39, 0.29) is 0 Å². The second-order valence-electron chi connectivity index (χ2n) is 13.8. The molecule has 0 radical (unpaired) electrons. The molecule has 254 valence electrons. The average molecular weight is 706 g/mol. The van der Waals surface area contributed by atoms with E-state index in [1.165, 1.54) is 75.5 Å². The maximum atomic E-state index is 2.38. The maximum absolute atomic E-state index is 2.38. The summed E-state index contributed by atoms with van der Waals surface area (Å²) in [5.41, 5.74) is 13.0. The van der Waals surface area contributed by atoms with Crippen LogP contribution in [0.5, 0.6) is 0 Å². The van der Waals surface area contributed by atoms with E-state index in [1.807, 2.05) is 11.3 Å². The first kappa shape index (κ1) is 32.0. The van der Waals surface area contributed by atoms with Crippen LogP contribution in [0.1, 0.15) is 0 Å². The Balaban J connectivity index is 1.06. The number of fused-ring (bicyclic) bond motifs is 4. The summed E-state index contributed by atoms with van der Waals surface area (Å²) in [5, 5.41) is 5.12. The van der Waals surface area contributed by atoms with E-state index in [2.05, 4.69) is 217 Å². The summed E-state index contributed by atoms with van der Waals surface area (Å²) in [6.45, 7) is 0. The number of nitrogens with zero attached hydrogens (tertiary/aromatic N) is 1. The van der Waals surface area contributed by atoms with Crippen LogP contribution in [0.15, 0.2) is 212 Å². The summed E-state index contributed by atoms with van der Waals surface area (Å²) in [5.74, 6) is 0. The third-order valence-electron chi connectivity index (χ3n) is 10.5. The van der Waals surface area contributed by atoms with Gasteiger partial charge in [-0.05, 0) is 116 Å². The lowest BCUT2D eigenvalue weighted by atomic mass is 9.99. The van der Waals surface area contributed by atoms with Gasteiger partial charge in [-0.15, -0.1) is 11.3 Å². The Morgan fingerprint density at radius 1 is 0.259 bits per heavy atom. The van der Waals surface area contributed by atoms with Crippen LogP contribution in [-0.2, 0) is 0 Å². The fraction of sp³-hybridized carbons (Fsp3) is 0. The van der Waals surface area contributed by atoms with Crippen molar-refractivity contribution in [3.05, 3.63) is 212 Å². The van der Waals surface area contributed by atoms with Crippen molar-refractivity contribution in [3.8, 4) is 44.5 Å². The number of thiophene rings is 1. The Kier molecular flexibility index (Phi) is 8.09. The van der Waals surface area contributed by atoms with Crippen LogP contribution in [0.4, 0.5) is 17.1 Å². The van der Waals surface area contributed by atoms with E-state index < -0.39 is 0 Å². The highest BCUT2D eigenvalue weighted by Crippen LogP contribution is 2.41. The lowest BCUT2D eigenvalue weighted by Gasteiger charge is -2.27. The quantitative estimate of drug-likeness (QED) is 0.160. The van der Waals surface area contributed by atoms with Gasteiger partial charge in [0.2, 0.25) is 0 Å². The van der Waals surface area contributed by atoms with Gasteiger partial charge in [0.05, 0.1) is 0 Å². The Hall–Kier alpha value is -6.74. The number of hydrogen-bond acceptors (Lipinski definition) is 2. The molecule has 0 atom stereocenters. The van der Waals surface area contributed by atoms with Gasteiger partial charge in [-0.25, -0.2) is 0 Å². The molecule has 0 saturated carbocycles. The molecule has 0 spiro atoms. The van der Waals surface area contributed by atoms with Gasteiger partial charge in [-0.2, -0.15) is 0 Å². The van der Waals surface area contributed by atoms with E-state index in [4.69, 9.17) is 0 Å². The van der Waals surface area contributed by atoms with Crippen molar-refractivity contribution in [2.45, 2.75) is 0 Å². The minimum absolute atomic E-state index is 1.10. The third-order valence-corrected chi connectivity index (χ3v) is 11.6. The molecule has 1 aromatic heterocycles. The van der Waals surface area contributed by atoms with Crippen LogP contribution in [0.25, 0.3) is 75.5 Å². The van der Waals surface area contributed by atoms with Gasteiger partial charge in [0.25, 0.3) is 0 Å². The number of rotatable bonds is 7. The van der Waals surface area contributed by atoms with E-state index in [0.29, 0.717) is 0 Å². The molecule has 2 heteroatoms. The highest BCUT2D eigenvalue weighted by Gasteiger charge is 2.16. The molecular weight excluding hydrogens is 671 g/mol. The summed E-state index contributed by atoms with van der Waals surface area (Å²) < 4.78 is 2.64. The minimum atomic E-state index is 1.10. The molecule has 10 rings (SSSR count). The Bertz CT molecular complexity index is 2920. The van der Waals surface area contributed by atoms with E-state index >= 15 is 0 Å². The van der Waals surface area contributed by atoms with Crippen LogP contribution < -0.4 is 4.90 Å². The fourth-order valence-corrected chi connectivity index (χ4v) is 8.75. The molecule has 1 nitrogen and oxygen atoms in total. The van der Waals surface area contributed by atoms with Crippen molar-refractivity contribution in [2.24, 2.45) is 0 Å². The summed E-state index contributed by atoms with van der Waals surface area (Å²) in [6, 6.07) is 77.2. The van der Waals surface area contributed by atoms with Crippen LogP contribution in [-0.4, -0.2) is 0 Å². The van der Waals surface area contributed by atoms with Crippen LogP contribution in [0.3, 0.4) is 0 Å². The van der Waals surface area contributed by atoms with Gasteiger partial charge in [0, 0.05) is 37.2 Å². The molecule has 0 saturated heterocycles. The molecule has 0 fully saturated rings. The van der Waals surface area contributed by atoms with Crippen LogP contribution in [0, 0.1) is 0 Å². The second kappa shape index (κ2) is 13.7. The van der Waals surface area contributed by atoms with Crippen molar-refractivity contribution >= 4 is 59.3 Å². The highest BCUT2D eigenvalue weighted by atomic mass is 32.1. The molecule has 54 heavy (non-hydrogen) atoms. The van der Waals surface area contributed by atoms with Crippen molar-refractivity contribution in [1.29, 1.82) is 0 Å². The van der Waals surface area contributed by atoms with E-state index in [1.54, 1.807) is 0 Å². The summed E-state index contributed by atoms with van der Waals surface area (Å²) in [7, 11) is 0. The highest BCUT2D eigenvalue weighted by molar-refractivity contribution is 7.25. The fourth-order valence-electron chi connectivity index (χ4n) is 7.66. The molecule has 1 heterocycles. The number of benzene rings is 9. The van der Waals surface area contributed by atoms with Gasteiger partial charge < -0.3 is 4.90 Å². The summed E-state index contributed by atoms with van der Waals surface area (Å²) >= 11 is 1.86. The lowest BCUT2D eigenvalue weighted by Crippen LogP contribution is -2.10. The van der Waals surface area contributed by atoms with E-state index in [0.717, 1.165) is 17.1 Å². The van der Waals surface area contributed by atoms with Gasteiger partial charge in [0.15, 0.2) is 0 Å². The molecule has 0 unspecified atom stereocenters. The molecule has 0 aliphatic heterocycles. The zero-order valence-corrected chi connectivity index (χ0v) is 30.4. The minimum Gasteiger partial charge on any atom is -0.310 e. The standard InChI is InChI=1S/C52H35NS/c1-2-10-36(11-3-1)38-20-22-39(23-21-38)40-26-29-46(30-27-40)53(47-16-8-14-42(33-47)44-25-24-37-12-4-5-13-41(37)32-44)48-17-9-15-43(34-48)45-28-31-52-50(35-45)49-18-6-7-19-51(49)54-52/h1-35H. The van der Waals surface area contributed by atoms with E-state index in [9.17, 15) is 0 Å². The van der Waals surface area contributed by atoms with Gasteiger partial charge in [0.1, 0.15) is 0 Å². The van der Waals surface area contributed by atoms with Crippen molar-refractivity contribution in [2.75, 3.05) is 4.90 Å². The van der Waals surface area contributed by atoms with Crippen LogP contribution >= 0.6 is 11.3 Å². The SMILES string of the molecule is c1ccc(-c2ccc(-c3ccc(N(c4cccc(-c5ccc6ccccc6c5)c4)c4cccc(-c5ccc6sc7ccccc7c6c5)c4)cc3)cc2)cc1. The second-order valence-corrected chi connectivity index (χ2v) is 14.9. The molecule has 0 bridgehead atoms. The number of hydrogen-bond donors (Lipinski definition) is 0. The first-order chi connectivity index (χ1) is 26.7. The Morgan fingerprint density at radius 3 is 1.44 bits per heavy atom. The lowest BCUT2D eigenvalue weighted by molar-refractivity contribution is 1.28. The molecule has 0 N–H and O–H groups in total. The zero-order chi connectivity index (χ0) is 35.8. The predicted octanol–water partition coefficient (Wildman–Crippen LogP) is 15.3. The van der Waals surface area contributed by atoms with Crippen molar-refractivity contribution in [1.82, 2.24) is 0 Å². The van der Waals surface area contributed by atoms with Gasteiger partial charge >= 0.3 is 0 Å². The van der Waals surface area contributed by atoms with Gasteiger partial charge in [-0.3, -0.25) is 0 Å². The van der Waals surface area contributed by atoms with Crippen molar-refractivity contribution in [3.63, 3.8) is 0 Å². The largest absolute Gasteiger partial charge is 0.310 e. The summed E-state index contributed by atoms with van der Waals surface area (Å²) in [4.78, 5) is 2.38. The first-order valence-electron chi connectivity index (χ1n) is 18.4. The smallest absolute Gasteiger partial charge is 0.0467 e. The number of anilines is 3. The zero-order valence-electron chi connectivity index (χ0n) is 29.6. The molecule has 10 aromatic rings. The summed E-state index contributed by atoms with van der Waals surface area (Å²) in [6.07, 6.45) is 0. The Morgan fingerprint density at radius 2 is 0.741 bits per heavy atom. The molecule has 0 aliphatic carbocycles. The first-order valence-corrected chi connectivity index (χ1v) is 19.2. The third kappa shape index (κ3) is 6.03. The normalized spacial score (nSPS) is 11.3. The van der Waals surface area contributed by atoms with Gasteiger partial charge in [-0.1, -0.05) is 152 Å². The predicted molar refractivity (Wildman–Crippen MR) is 233 cm³/mol. The molecule has 9 aromatic carbocycles. The Labute approximate surface area is 319 Å². The monoisotopic (exact) mass is 705 g/mol. The van der Waals surface area contributed by atoms with Crippen LogP contribution in [0.2, 0.25) is 0 Å². The topological polar surface area (TPSA) is 3.24 Å². The molecule has 0 amide bonds.